The van der Waals surface area contributed by atoms with Crippen LogP contribution in [-0.2, 0) is 12.6 Å². The highest BCUT2D eigenvalue weighted by atomic mass is 35.5. The molecule has 90 valence electrons. The topological polar surface area (TPSA) is 46.2 Å². The van der Waals surface area contributed by atoms with E-state index in [2.05, 4.69) is 0 Å². The number of rotatable bonds is 3. The largest absolute Gasteiger partial charge is 0.416 e. The predicted molar refractivity (Wildman–Crippen MR) is 55.2 cm³/mol. The van der Waals surface area contributed by atoms with E-state index in [0.717, 1.165) is 12.1 Å². The molecule has 1 aromatic rings. The lowest BCUT2D eigenvalue weighted by Crippen LogP contribution is -2.22. The van der Waals surface area contributed by atoms with Gasteiger partial charge in [-0.1, -0.05) is 11.6 Å². The van der Waals surface area contributed by atoms with Crippen LogP contribution in [0.5, 0.6) is 0 Å². The highest BCUT2D eigenvalue weighted by Crippen LogP contribution is 2.32. The lowest BCUT2D eigenvalue weighted by molar-refractivity contribution is -0.137. The molecule has 1 rings (SSSR count). The highest BCUT2D eigenvalue weighted by Gasteiger charge is 2.31. The summed E-state index contributed by atoms with van der Waals surface area (Å²) in [6.07, 6.45) is -5.24. The Morgan fingerprint density at radius 3 is 2.44 bits per heavy atom. The van der Waals surface area contributed by atoms with E-state index in [-0.39, 0.29) is 18.0 Å². The van der Waals surface area contributed by atoms with E-state index in [1.165, 1.54) is 6.07 Å². The van der Waals surface area contributed by atoms with Gasteiger partial charge in [0.15, 0.2) is 0 Å². The number of aliphatic hydroxyl groups excluding tert-OH is 1. The van der Waals surface area contributed by atoms with Gasteiger partial charge >= 0.3 is 6.18 Å². The van der Waals surface area contributed by atoms with Crippen molar-refractivity contribution in [2.75, 3.05) is 6.54 Å². The molecule has 0 aliphatic heterocycles. The summed E-state index contributed by atoms with van der Waals surface area (Å²) in [5.74, 6) is 0. The van der Waals surface area contributed by atoms with Gasteiger partial charge in [0.2, 0.25) is 0 Å². The van der Waals surface area contributed by atoms with Crippen molar-refractivity contribution in [3.63, 3.8) is 0 Å². The van der Waals surface area contributed by atoms with Gasteiger partial charge in [-0.15, -0.1) is 0 Å². The maximum atomic E-state index is 12.4. The van der Waals surface area contributed by atoms with Crippen molar-refractivity contribution in [1.82, 2.24) is 0 Å². The molecule has 0 heterocycles. The fourth-order valence-electron chi connectivity index (χ4n) is 1.29. The molecule has 2 nitrogen and oxygen atoms in total. The van der Waals surface area contributed by atoms with Gasteiger partial charge in [-0.2, -0.15) is 13.2 Å². The smallest absolute Gasteiger partial charge is 0.391 e. The molecule has 1 unspecified atom stereocenters. The molecule has 1 aromatic carbocycles. The first-order valence-corrected chi connectivity index (χ1v) is 4.95. The van der Waals surface area contributed by atoms with Crippen LogP contribution in [-0.4, -0.2) is 17.8 Å². The fraction of sp³-hybridized carbons (Fsp3) is 0.400. The summed E-state index contributed by atoms with van der Waals surface area (Å²) in [6, 6.07) is 3.19. The quantitative estimate of drug-likeness (QED) is 0.868. The van der Waals surface area contributed by atoms with Crippen molar-refractivity contribution in [3.05, 3.63) is 34.3 Å². The zero-order valence-corrected chi connectivity index (χ0v) is 9.02. The minimum atomic E-state index is -4.44. The van der Waals surface area contributed by atoms with Gasteiger partial charge in [-0.05, 0) is 30.2 Å². The molecular formula is C10H11ClF3NO. The van der Waals surface area contributed by atoms with E-state index in [1.54, 1.807) is 0 Å². The molecule has 0 aromatic heterocycles. The average Bonchev–Trinajstić information content (AvgIpc) is 2.15. The maximum absolute atomic E-state index is 12.4. The molecule has 6 heteroatoms. The van der Waals surface area contributed by atoms with Crippen molar-refractivity contribution in [2.45, 2.75) is 18.7 Å². The summed E-state index contributed by atoms with van der Waals surface area (Å²) in [6.45, 7) is -0.00609. The number of nitrogens with two attached hydrogens (primary N) is 1. The minimum Gasteiger partial charge on any atom is -0.391 e. The van der Waals surface area contributed by atoms with E-state index in [0.29, 0.717) is 5.56 Å². The zero-order chi connectivity index (χ0) is 12.3. The second-order valence-electron chi connectivity index (χ2n) is 3.44. The van der Waals surface area contributed by atoms with Crippen LogP contribution in [0.3, 0.4) is 0 Å². The van der Waals surface area contributed by atoms with Crippen molar-refractivity contribution < 1.29 is 18.3 Å². The molecule has 0 aliphatic rings. The molecule has 0 saturated carbocycles. The van der Waals surface area contributed by atoms with Crippen LogP contribution >= 0.6 is 11.6 Å². The monoisotopic (exact) mass is 253 g/mol. The van der Waals surface area contributed by atoms with Crippen LogP contribution in [0.1, 0.15) is 11.1 Å². The van der Waals surface area contributed by atoms with Crippen LogP contribution in [0.25, 0.3) is 0 Å². The molecule has 0 aliphatic carbocycles. The fourth-order valence-corrected chi connectivity index (χ4v) is 1.55. The lowest BCUT2D eigenvalue weighted by Gasteiger charge is -2.12. The van der Waals surface area contributed by atoms with E-state index >= 15 is 0 Å². The second-order valence-corrected chi connectivity index (χ2v) is 3.88. The summed E-state index contributed by atoms with van der Waals surface area (Å²) >= 11 is 5.57. The molecule has 1 atom stereocenters. The summed E-state index contributed by atoms with van der Waals surface area (Å²) in [5, 5.41) is 9.24. The summed E-state index contributed by atoms with van der Waals surface area (Å²) in [5.41, 5.74) is 4.67. The summed E-state index contributed by atoms with van der Waals surface area (Å²) < 4.78 is 37.3. The Kier molecular flexibility index (Phi) is 4.18. The Labute approximate surface area is 95.8 Å². The number of hydrogen-bond donors (Lipinski definition) is 2. The molecule has 0 amide bonds. The van der Waals surface area contributed by atoms with Gasteiger partial charge in [0.25, 0.3) is 0 Å². The molecular weight excluding hydrogens is 243 g/mol. The average molecular weight is 254 g/mol. The third kappa shape index (κ3) is 3.66. The Balaban J connectivity index is 2.99. The first kappa shape index (κ1) is 13.3. The van der Waals surface area contributed by atoms with Crippen LogP contribution < -0.4 is 5.73 Å². The number of aliphatic hydroxyl groups is 1. The highest BCUT2D eigenvalue weighted by molar-refractivity contribution is 6.30. The van der Waals surface area contributed by atoms with Crippen molar-refractivity contribution >= 4 is 11.6 Å². The molecule has 0 spiro atoms. The molecule has 0 saturated heterocycles. The zero-order valence-electron chi connectivity index (χ0n) is 8.26. The first-order valence-electron chi connectivity index (χ1n) is 4.57. The van der Waals surface area contributed by atoms with Gasteiger partial charge < -0.3 is 10.8 Å². The molecule has 0 fully saturated rings. The SMILES string of the molecule is NCC(O)Cc1cc(Cl)cc(C(F)(F)F)c1. The summed E-state index contributed by atoms with van der Waals surface area (Å²) in [4.78, 5) is 0. The van der Waals surface area contributed by atoms with E-state index in [1.807, 2.05) is 0 Å². The van der Waals surface area contributed by atoms with E-state index in [4.69, 9.17) is 17.3 Å². The minimum absolute atomic E-state index is 0.00551. The van der Waals surface area contributed by atoms with Crippen molar-refractivity contribution in [1.29, 1.82) is 0 Å². The van der Waals surface area contributed by atoms with Crippen molar-refractivity contribution in [2.24, 2.45) is 5.73 Å². The van der Waals surface area contributed by atoms with Crippen molar-refractivity contribution in [3.8, 4) is 0 Å². The van der Waals surface area contributed by atoms with Gasteiger partial charge in [0.05, 0.1) is 11.7 Å². The third-order valence-corrected chi connectivity index (χ3v) is 2.25. The second kappa shape index (κ2) is 5.03. The molecule has 0 radical (unpaired) electrons. The summed E-state index contributed by atoms with van der Waals surface area (Å²) in [7, 11) is 0. The van der Waals surface area contributed by atoms with Crippen LogP contribution in [0, 0.1) is 0 Å². The Hall–Kier alpha value is -0.780. The number of hydrogen-bond acceptors (Lipinski definition) is 2. The first-order chi connectivity index (χ1) is 7.32. The molecule has 3 N–H and O–H groups in total. The maximum Gasteiger partial charge on any atom is 0.416 e. The Bertz CT molecular complexity index is 368. The standard InChI is InChI=1S/C10H11ClF3NO/c11-8-2-6(3-9(16)5-15)1-7(4-8)10(12,13)14/h1-2,4,9,16H,3,5,15H2. The van der Waals surface area contributed by atoms with Gasteiger partial charge in [-0.3, -0.25) is 0 Å². The van der Waals surface area contributed by atoms with Crippen LogP contribution in [0.15, 0.2) is 18.2 Å². The predicted octanol–water partition coefficient (Wildman–Crippen LogP) is 2.22. The lowest BCUT2D eigenvalue weighted by atomic mass is 10.0. The number of benzene rings is 1. The van der Waals surface area contributed by atoms with E-state index in [9.17, 15) is 18.3 Å². The van der Waals surface area contributed by atoms with Crippen LogP contribution in [0.2, 0.25) is 5.02 Å². The molecule has 0 bridgehead atoms. The van der Waals surface area contributed by atoms with Gasteiger partial charge in [0.1, 0.15) is 0 Å². The third-order valence-electron chi connectivity index (χ3n) is 2.03. The van der Waals surface area contributed by atoms with Gasteiger partial charge in [0, 0.05) is 11.6 Å². The molecule has 16 heavy (non-hydrogen) atoms. The van der Waals surface area contributed by atoms with E-state index < -0.39 is 17.8 Å². The number of alkyl halides is 3. The number of halogens is 4. The van der Waals surface area contributed by atoms with Crippen LogP contribution in [0.4, 0.5) is 13.2 Å². The Morgan fingerprint density at radius 1 is 1.31 bits per heavy atom. The Morgan fingerprint density at radius 2 is 1.94 bits per heavy atom. The van der Waals surface area contributed by atoms with Gasteiger partial charge in [-0.25, -0.2) is 0 Å². The normalized spacial score (nSPS) is 13.9.